The minimum Gasteiger partial charge on any atom is -0.381 e. The van der Waals surface area contributed by atoms with Crippen molar-refractivity contribution in [3.05, 3.63) is 64.5 Å². The molecule has 1 saturated heterocycles. The van der Waals surface area contributed by atoms with E-state index in [-0.39, 0.29) is 17.5 Å². The number of fused-ring (bicyclic) bond motifs is 1. The summed E-state index contributed by atoms with van der Waals surface area (Å²) in [6, 6.07) is 5.80. The number of nitrogens with zero attached hydrogens (tertiary/aromatic N) is 4. The first-order chi connectivity index (χ1) is 15.5. The average molecular weight is 432 g/mol. The van der Waals surface area contributed by atoms with Crippen LogP contribution >= 0.6 is 0 Å². The van der Waals surface area contributed by atoms with E-state index in [1.807, 2.05) is 23.7 Å². The molecule has 1 amide bonds. The lowest BCUT2D eigenvalue weighted by Gasteiger charge is -2.22. The molecule has 0 radical (unpaired) electrons. The molecule has 0 bridgehead atoms. The predicted octanol–water partition coefficient (Wildman–Crippen LogP) is 3.04. The zero-order valence-corrected chi connectivity index (χ0v) is 18.0. The number of nitrogens with one attached hydrogen (secondary N) is 2. The molecule has 0 saturated carbocycles. The standard InChI is InChI=1S/C23H24N6O3/c1-14-3-4-19(26-20(14)18-13-28(2)23(31)21-17(18)5-8-24-21)27-22(30)15-11-25-29(12-15)16-6-9-32-10-7-16/h3-5,8,11-13,16,24H,6-7,9-10H2,1-2H3,(H,26,27,30). The lowest BCUT2D eigenvalue weighted by molar-refractivity contribution is 0.0662. The molecule has 0 aromatic carbocycles. The number of ether oxygens (including phenoxy) is 1. The number of carbonyl (C=O) groups excluding carboxylic acids is 1. The maximum Gasteiger partial charge on any atom is 0.274 e. The Hall–Kier alpha value is -3.72. The quantitative estimate of drug-likeness (QED) is 0.516. The molecular formula is C23H24N6O3. The van der Waals surface area contributed by atoms with E-state index in [0.717, 1.165) is 29.4 Å². The Morgan fingerprint density at radius 2 is 2.03 bits per heavy atom. The van der Waals surface area contributed by atoms with Crippen LogP contribution in [0.4, 0.5) is 5.82 Å². The molecule has 5 rings (SSSR count). The highest BCUT2D eigenvalue weighted by atomic mass is 16.5. The first-order valence-corrected chi connectivity index (χ1v) is 10.6. The van der Waals surface area contributed by atoms with Crippen LogP contribution in [0.2, 0.25) is 0 Å². The van der Waals surface area contributed by atoms with Gasteiger partial charge in [-0.15, -0.1) is 0 Å². The van der Waals surface area contributed by atoms with Crippen LogP contribution in [0.1, 0.15) is 34.8 Å². The zero-order chi connectivity index (χ0) is 22.2. The van der Waals surface area contributed by atoms with Gasteiger partial charge in [0.25, 0.3) is 11.5 Å². The molecule has 1 aliphatic rings. The summed E-state index contributed by atoms with van der Waals surface area (Å²) in [6.07, 6.45) is 8.65. The van der Waals surface area contributed by atoms with Gasteiger partial charge in [-0.3, -0.25) is 14.3 Å². The van der Waals surface area contributed by atoms with Crippen LogP contribution in [-0.2, 0) is 11.8 Å². The van der Waals surface area contributed by atoms with Gasteiger partial charge in [-0.2, -0.15) is 5.10 Å². The molecule has 0 spiro atoms. The van der Waals surface area contributed by atoms with Gasteiger partial charge < -0.3 is 19.6 Å². The van der Waals surface area contributed by atoms with Crippen LogP contribution in [0.25, 0.3) is 22.2 Å². The Morgan fingerprint density at radius 1 is 1.22 bits per heavy atom. The van der Waals surface area contributed by atoms with Gasteiger partial charge in [0, 0.05) is 49.8 Å². The van der Waals surface area contributed by atoms with Crippen LogP contribution in [0.3, 0.4) is 0 Å². The monoisotopic (exact) mass is 432 g/mol. The number of H-pyrrole nitrogens is 1. The number of hydrogen-bond acceptors (Lipinski definition) is 5. The molecule has 5 heterocycles. The summed E-state index contributed by atoms with van der Waals surface area (Å²) in [5.41, 5.74) is 3.38. The molecule has 4 aromatic heterocycles. The molecule has 9 nitrogen and oxygen atoms in total. The summed E-state index contributed by atoms with van der Waals surface area (Å²) in [6.45, 7) is 3.37. The van der Waals surface area contributed by atoms with E-state index in [2.05, 4.69) is 15.4 Å². The first kappa shape index (κ1) is 20.2. The number of aromatic nitrogens is 5. The number of aromatic amines is 1. The molecule has 32 heavy (non-hydrogen) atoms. The van der Waals surface area contributed by atoms with Crippen LogP contribution < -0.4 is 10.9 Å². The van der Waals surface area contributed by atoms with Gasteiger partial charge in [0.2, 0.25) is 0 Å². The summed E-state index contributed by atoms with van der Waals surface area (Å²) in [5, 5.41) is 8.04. The van der Waals surface area contributed by atoms with E-state index in [0.29, 0.717) is 35.8 Å². The fraction of sp³-hybridized carbons (Fsp3) is 0.304. The fourth-order valence-electron chi connectivity index (χ4n) is 4.12. The van der Waals surface area contributed by atoms with E-state index in [9.17, 15) is 9.59 Å². The molecule has 2 N–H and O–H groups in total. The predicted molar refractivity (Wildman–Crippen MR) is 121 cm³/mol. The number of pyridine rings is 2. The summed E-state index contributed by atoms with van der Waals surface area (Å²) in [5.74, 6) is 0.171. The highest BCUT2D eigenvalue weighted by Crippen LogP contribution is 2.29. The second-order valence-corrected chi connectivity index (χ2v) is 8.09. The summed E-state index contributed by atoms with van der Waals surface area (Å²) in [7, 11) is 1.71. The number of amides is 1. The van der Waals surface area contributed by atoms with Crippen molar-refractivity contribution in [2.24, 2.45) is 7.05 Å². The van der Waals surface area contributed by atoms with Crippen molar-refractivity contribution in [1.82, 2.24) is 24.3 Å². The molecular weight excluding hydrogens is 408 g/mol. The van der Waals surface area contributed by atoms with Gasteiger partial charge in [-0.25, -0.2) is 4.98 Å². The van der Waals surface area contributed by atoms with Crippen LogP contribution in [0, 0.1) is 6.92 Å². The highest BCUT2D eigenvalue weighted by molar-refractivity contribution is 6.03. The smallest absolute Gasteiger partial charge is 0.274 e. The molecule has 1 aliphatic heterocycles. The van der Waals surface area contributed by atoms with Crippen molar-refractivity contribution in [1.29, 1.82) is 0 Å². The van der Waals surface area contributed by atoms with Gasteiger partial charge in [-0.1, -0.05) is 6.07 Å². The van der Waals surface area contributed by atoms with Gasteiger partial charge in [0.05, 0.1) is 23.5 Å². The van der Waals surface area contributed by atoms with Gasteiger partial charge in [0.1, 0.15) is 11.3 Å². The van der Waals surface area contributed by atoms with Crippen LogP contribution in [-0.4, -0.2) is 43.4 Å². The van der Waals surface area contributed by atoms with Crippen molar-refractivity contribution in [3.8, 4) is 11.3 Å². The summed E-state index contributed by atoms with van der Waals surface area (Å²) in [4.78, 5) is 32.9. The lowest BCUT2D eigenvalue weighted by atomic mass is 10.0. The Morgan fingerprint density at radius 3 is 2.84 bits per heavy atom. The van der Waals surface area contributed by atoms with E-state index in [1.165, 1.54) is 4.57 Å². The number of anilines is 1. The van der Waals surface area contributed by atoms with Crippen molar-refractivity contribution in [2.45, 2.75) is 25.8 Å². The molecule has 164 valence electrons. The van der Waals surface area contributed by atoms with Crippen LogP contribution in [0.5, 0.6) is 0 Å². The number of carbonyl (C=O) groups is 1. The third-order valence-electron chi connectivity index (χ3n) is 5.92. The fourth-order valence-corrected chi connectivity index (χ4v) is 4.12. The van der Waals surface area contributed by atoms with Gasteiger partial charge in [-0.05, 0) is 37.5 Å². The van der Waals surface area contributed by atoms with Gasteiger partial charge >= 0.3 is 0 Å². The number of hydrogen-bond donors (Lipinski definition) is 2. The van der Waals surface area contributed by atoms with Crippen molar-refractivity contribution >= 4 is 22.6 Å². The Balaban J connectivity index is 1.43. The molecule has 0 atom stereocenters. The Labute approximate surface area is 184 Å². The molecule has 0 unspecified atom stereocenters. The normalized spacial score (nSPS) is 14.7. The van der Waals surface area contributed by atoms with E-state index < -0.39 is 0 Å². The Kier molecular flexibility index (Phi) is 5.10. The van der Waals surface area contributed by atoms with Crippen LogP contribution in [0.15, 0.2) is 47.8 Å². The third-order valence-corrected chi connectivity index (χ3v) is 5.92. The van der Waals surface area contributed by atoms with E-state index in [1.54, 1.807) is 37.9 Å². The zero-order valence-electron chi connectivity index (χ0n) is 18.0. The summed E-state index contributed by atoms with van der Waals surface area (Å²) >= 11 is 0. The van der Waals surface area contributed by atoms with Crippen molar-refractivity contribution in [2.75, 3.05) is 18.5 Å². The highest BCUT2D eigenvalue weighted by Gasteiger charge is 2.19. The maximum atomic E-state index is 12.8. The summed E-state index contributed by atoms with van der Waals surface area (Å²) < 4.78 is 8.78. The number of rotatable bonds is 4. The topological polar surface area (TPSA) is 107 Å². The molecule has 9 heteroatoms. The second kappa shape index (κ2) is 8.08. The third kappa shape index (κ3) is 3.60. The van der Waals surface area contributed by atoms with Crippen molar-refractivity contribution < 1.29 is 9.53 Å². The maximum absolute atomic E-state index is 12.8. The molecule has 1 fully saturated rings. The first-order valence-electron chi connectivity index (χ1n) is 10.6. The second-order valence-electron chi connectivity index (χ2n) is 8.09. The largest absolute Gasteiger partial charge is 0.381 e. The lowest BCUT2D eigenvalue weighted by Crippen LogP contribution is -2.20. The van der Waals surface area contributed by atoms with E-state index in [4.69, 9.17) is 9.72 Å². The van der Waals surface area contributed by atoms with Gasteiger partial charge in [0.15, 0.2) is 0 Å². The van der Waals surface area contributed by atoms with E-state index >= 15 is 0 Å². The minimum atomic E-state index is -0.266. The number of aryl methyl sites for hydroxylation is 2. The molecule has 4 aromatic rings. The minimum absolute atomic E-state index is 0.0996. The Bertz CT molecular complexity index is 1360. The SMILES string of the molecule is Cc1ccc(NC(=O)c2cnn(C3CCOCC3)c2)nc1-c1cn(C)c(=O)c2[nH]ccc12. The molecule has 0 aliphatic carbocycles. The van der Waals surface area contributed by atoms with Crippen molar-refractivity contribution in [3.63, 3.8) is 0 Å². The average Bonchev–Trinajstić information content (AvgIpc) is 3.49.